The van der Waals surface area contributed by atoms with E-state index in [0.717, 1.165) is 33.1 Å². The Morgan fingerprint density at radius 2 is 0.914 bits per heavy atom. The molecule has 12 rings (SSSR count). The lowest BCUT2D eigenvalue weighted by molar-refractivity contribution is 0.666. The van der Waals surface area contributed by atoms with Crippen LogP contribution < -0.4 is 0 Å². The van der Waals surface area contributed by atoms with Gasteiger partial charge >= 0.3 is 0 Å². The average Bonchev–Trinajstić information content (AvgIpc) is 3.77. The summed E-state index contributed by atoms with van der Waals surface area (Å²) in [5, 5.41) is 9.86. The van der Waals surface area contributed by atoms with Crippen molar-refractivity contribution in [3.05, 3.63) is 205 Å². The van der Waals surface area contributed by atoms with Crippen molar-refractivity contribution in [1.82, 2.24) is 0 Å². The second-order valence-electron chi connectivity index (χ2n) is 16.3. The highest BCUT2D eigenvalue weighted by Gasteiger charge is 2.37. The van der Waals surface area contributed by atoms with Crippen molar-refractivity contribution in [2.24, 2.45) is 0 Å². The summed E-state index contributed by atoms with van der Waals surface area (Å²) in [6.45, 7) is 4.75. The van der Waals surface area contributed by atoms with E-state index in [1.807, 2.05) is 6.07 Å². The molecule has 0 spiro atoms. The first-order valence-electron chi connectivity index (χ1n) is 20.3. The summed E-state index contributed by atoms with van der Waals surface area (Å²) >= 11 is 0. The minimum absolute atomic E-state index is 0.0807. The number of rotatable bonds is 4. The van der Waals surface area contributed by atoms with Gasteiger partial charge in [0.25, 0.3) is 0 Å². The van der Waals surface area contributed by atoms with E-state index in [9.17, 15) is 0 Å². The molecule has 1 aromatic heterocycles. The third-order valence-electron chi connectivity index (χ3n) is 12.8. The van der Waals surface area contributed by atoms with Crippen molar-refractivity contribution >= 4 is 54.3 Å². The molecule has 0 amide bonds. The maximum atomic E-state index is 6.60. The molecule has 0 N–H and O–H groups in total. The van der Waals surface area contributed by atoms with E-state index in [4.69, 9.17) is 4.42 Å². The highest BCUT2D eigenvalue weighted by molar-refractivity contribution is 6.23. The molecule has 11 aromatic rings. The zero-order valence-corrected chi connectivity index (χ0v) is 32.4. The van der Waals surface area contributed by atoms with Crippen LogP contribution in [0.2, 0.25) is 0 Å². The van der Waals surface area contributed by atoms with Crippen molar-refractivity contribution < 1.29 is 4.42 Å². The van der Waals surface area contributed by atoms with Crippen LogP contribution in [0.5, 0.6) is 0 Å². The Balaban J connectivity index is 1.05. The van der Waals surface area contributed by atoms with Gasteiger partial charge in [-0.15, -0.1) is 0 Å². The Morgan fingerprint density at radius 3 is 1.69 bits per heavy atom. The minimum atomic E-state index is -0.0807. The number of furan rings is 1. The van der Waals surface area contributed by atoms with Crippen LogP contribution >= 0.6 is 0 Å². The monoisotopic (exact) mass is 738 g/mol. The topological polar surface area (TPSA) is 13.1 Å². The number of benzene rings is 10. The first kappa shape index (κ1) is 33.0. The Bertz CT molecular complexity index is 3430. The van der Waals surface area contributed by atoms with Crippen LogP contribution in [0.3, 0.4) is 0 Å². The van der Waals surface area contributed by atoms with E-state index in [-0.39, 0.29) is 5.41 Å². The SMILES string of the molecule is CC1(C)c2ccc(-c3cccc(-c4c5ccccc5c(-c5ccccc5-c5cccc6c5oc5ccccc56)c5ccccc45)c3)cc2-c2ccc3ccccc3c21. The Labute approximate surface area is 337 Å². The molecule has 1 heteroatoms. The fraction of sp³-hybridized carbons (Fsp3) is 0.0526. The molecule has 272 valence electrons. The Morgan fingerprint density at radius 1 is 0.345 bits per heavy atom. The Kier molecular flexibility index (Phi) is 7.04. The van der Waals surface area contributed by atoms with Crippen molar-refractivity contribution in [1.29, 1.82) is 0 Å². The standard InChI is InChI=1S/C57H38O/c1-57(2)51-32-30-37(34-50(51)47-31-29-35-15-3-4-18-39(35)55(47)57)36-16-13-17-38(33-36)53-43-22-7-9-24-45(43)54(46-25-10-8-23-44(46)53)42-21-6-5-19-40(42)48-26-14-27-49-41-20-11-12-28-52(41)58-56(48)49/h3-34H,1-2H3. The van der Waals surface area contributed by atoms with Gasteiger partial charge in [-0.05, 0) is 112 Å². The van der Waals surface area contributed by atoms with Crippen LogP contribution in [0.1, 0.15) is 25.0 Å². The fourth-order valence-corrected chi connectivity index (χ4v) is 10.3. The molecule has 1 aliphatic carbocycles. The molecule has 0 fully saturated rings. The molecule has 1 nitrogen and oxygen atoms in total. The second-order valence-corrected chi connectivity index (χ2v) is 16.3. The summed E-state index contributed by atoms with van der Waals surface area (Å²) in [6, 6.07) is 71.3. The van der Waals surface area contributed by atoms with Crippen LogP contribution in [0.25, 0.3) is 110 Å². The Hall–Kier alpha value is -7.22. The highest BCUT2D eigenvalue weighted by atomic mass is 16.3. The van der Waals surface area contributed by atoms with Gasteiger partial charge in [0.15, 0.2) is 0 Å². The first-order valence-corrected chi connectivity index (χ1v) is 20.3. The third kappa shape index (κ3) is 4.71. The van der Waals surface area contributed by atoms with E-state index in [2.05, 4.69) is 202 Å². The van der Waals surface area contributed by atoms with Crippen LogP contribution in [-0.2, 0) is 5.41 Å². The first-order chi connectivity index (χ1) is 28.5. The van der Waals surface area contributed by atoms with E-state index >= 15 is 0 Å². The van der Waals surface area contributed by atoms with E-state index < -0.39 is 0 Å². The third-order valence-corrected chi connectivity index (χ3v) is 12.8. The molecule has 0 saturated heterocycles. The number of para-hydroxylation sites is 2. The van der Waals surface area contributed by atoms with Gasteiger partial charge in [0.2, 0.25) is 0 Å². The van der Waals surface area contributed by atoms with E-state index in [0.29, 0.717) is 0 Å². The maximum Gasteiger partial charge on any atom is 0.143 e. The molecule has 0 bridgehead atoms. The van der Waals surface area contributed by atoms with Crippen LogP contribution in [0.15, 0.2) is 199 Å². The molecule has 0 radical (unpaired) electrons. The number of hydrogen-bond donors (Lipinski definition) is 0. The molecule has 1 heterocycles. The summed E-state index contributed by atoms with van der Waals surface area (Å²) in [5.41, 5.74) is 16.9. The number of fused-ring (bicyclic) bond motifs is 10. The summed E-state index contributed by atoms with van der Waals surface area (Å²) in [7, 11) is 0. The van der Waals surface area contributed by atoms with Crippen LogP contribution in [0, 0.1) is 0 Å². The highest BCUT2D eigenvalue weighted by Crippen LogP contribution is 2.53. The molecule has 0 unspecified atom stereocenters. The smallest absolute Gasteiger partial charge is 0.143 e. The molecular weight excluding hydrogens is 701 g/mol. The second kappa shape index (κ2) is 12.4. The van der Waals surface area contributed by atoms with Crippen molar-refractivity contribution in [3.63, 3.8) is 0 Å². The lowest BCUT2D eigenvalue weighted by Gasteiger charge is -2.23. The van der Waals surface area contributed by atoms with Crippen molar-refractivity contribution in [2.45, 2.75) is 19.3 Å². The predicted octanol–water partition coefficient (Wildman–Crippen LogP) is 16.0. The summed E-state index contributed by atoms with van der Waals surface area (Å²) < 4.78 is 6.60. The zero-order chi connectivity index (χ0) is 38.5. The van der Waals surface area contributed by atoms with Crippen LogP contribution in [0.4, 0.5) is 0 Å². The number of hydrogen-bond acceptors (Lipinski definition) is 1. The lowest BCUT2D eigenvalue weighted by Crippen LogP contribution is -2.15. The molecule has 58 heavy (non-hydrogen) atoms. The molecular formula is C57H38O. The molecule has 1 aliphatic rings. The van der Waals surface area contributed by atoms with Gasteiger partial charge in [0.05, 0.1) is 0 Å². The summed E-state index contributed by atoms with van der Waals surface area (Å²) in [4.78, 5) is 0. The fourth-order valence-electron chi connectivity index (χ4n) is 10.3. The summed E-state index contributed by atoms with van der Waals surface area (Å²) in [5.74, 6) is 0. The molecule has 0 saturated carbocycles. The maximum absolute atomic E-state index is 6.60. The van der Waals surface area contributed by atoms with Gasteiger partial charge in [-0.3, -0.25) is 0 Å². The molecule has 0 atom stereocenters. The van der Waals surface area contributed by atoms with E-state index in [1.165, 1.54) is 88.0 Å². The van der Waals surface area contributed by atoms with Crippen LogP contribution in [-0.4, -0.2) is 0 Å². The van der Waals surface area contributed by atoms with Gasteiger partial charge in [0.1, 0.15) is 11.2 Å². The largest absolute Gasteiger partial charge is 0.455 e. The van der Waals surface area contributed by atoms with E-state index in [1.54, 1.807) is 0 Å². The summed E-state index contributed by atoms with van der Waals surface area (Å²) in [6.07, 6.45) is 0. The normalized spacial score (nSPS) is 13.1. The van der Waals surface area contributed by atoms with Gasteiger partial charge in [-0.1, -0.05) is 190 Å². The molecule has 10 aromatic carbocycles. The van der Waals surface area contributed by atoms with Crippen molar-refractivity contribution in [2.75, 3.05) is 0 Å². The quantitative estimate of drug-likeness (QED) is 0.164. The van der Waals surface area contributed by atoms with Gasteiger partial charge in [-0.25, -0.2) is 0 Å². The molecule has 0 aliphatic heterocycles. The predicted molar refractivity (Wildman–Crippen MR) is 246 cm³/mol. The average molecular weight is 739 g/mol. The van der Waals surface area contributed by atoms with Gasteiger partial charge in [-0.2, -0.15) is 0 Å². The zero-order valence-electron chi connectivity index (χ0n) is 32.4. The minimum Gasteiger partial charge on any atom is -0.455 e. The van der Waals surface area contributed by atoms with Gasteiger partial charge < -0.3 is 4.42 Å². The van der Waals surface area contributed by atoms with Gasteiger partial charge in [0, 0.05) is 21.8 Å². The van der Waals surface area contributed by atoms with Crippen molar-refractivity contribution in [3.8, 4) is 55.6 Å². The lowest BCUT2D eigenvalue weighted by atomic mass is 9.80.